The maximum Gasteiger partial charge on any atom is 0.0278 e. The fourth-order valence-corrected chi connectivity index (χ4v) is 2.78. The van der Waals surface area contributed by atoms with Gasteiger partial charge in [-0.15, -0.1) is 0 Å². The molecule has 0 aromatic carbocycles. The van der Waals surface area contributed by atoms with Gasteiger partial charge in [-0.25, -0.2) is 0 Å². The topological polar surface area (TPSA) is 15.3 Å². The lowest BCUT2D eigenvalue weighted by molar-refractivity contribution is 0.0836. The Hall–Kier alpha value is -0.340. The fourth-order valence-electron chi connectivity index (χ4n) is 2.78. The van der Waals surface area contributed by atoms with E-state index in [1.54, 1.807) is 0 Å². The average molecular weight is 236 g/mol. The summed E-state index contributed by atoms with van der Waals surface area (Å²) < 4.78 is 0. The van der Waals surface area contributed by atoms with Gasteiger partial charge in [-0.3, -0.25) is 4.90 Å². The van der Waals surface area contributed by atoms with E-state index in [0.29, 0.717) is 5.54 Å². The molecule has 0 bridgehead atoms. The normalized spacial score (nSPS) is 34.7. The summed E-state index contributed by atoms with van der Waals surface area (Å²) in [6, 6.07) is 0.783. The van der Waals surface area contributed by atoms with Crippen molar-refractivity contribution in [2.24, 2.45) is 5.92 Å². The summed E-state index contributed by atoms with van der Waals surface area (Å²) in [5.74, 6) is 0.967. The highest BCUT2D eigenvalue weighted by atomic mass is 15.3. The van der Waals surface area contributed by atoms with Crippen molar-refractivity contribution in [2.75, 3.05) is 19.6 Å². The summed E-state index contributed by atoms with van der Waals surface area (Å²) >= 11 is 0. The second-order valence-electron chi connectivity index (χ2n) is 6.41. The first-order valence-electron chi connectivity index (χ1n) is 7.16. The van der Waals surface area contributed by atoms with Crippen LogP contribution in [0.2, 0.25) is 0 Å². The molecule has 2 nitrogen and oxygen atoms in total. The third-order valence-electron chi connectivity index (χ3n) is 4.44. The Morgan fingerprint density at radius 3 is 2.65 bits per heavy atom. The molecule has 2 heteroatoms. The molecule has 17 heavy (non-hydrogen) atoms. The zero-order valence-corrected chi connectivity index (χ0v) is 11.9. The summed E-state index contributed by atoms with van der Waals surface area (Å²) in [5.41, 5.74) is 1.76. The zero-order valence-electron chi connectivity index (χ0n) is 11.9. The first kappa shape index (κ1) is 13.1. The highest BCUT2D eigenvalue weighted by Gasteiger charge is 2.41. The zero-order chi connectivity index (χ0) is 12.5. The third-order valence-corrected chi connectivity index (χ3v) is 4.44. The van der Waals surface area contributed by atoms with Crippen LogP contribution in [0.1, 0.15) is 47.0 Å². The second kappa shape index (κ2) is 5.11. The first-order chi connectivity index (χ1) is 8.04. The van der Waals surface area contributed by atoms with Gasteiger partial charge < -0.3 is 5.32 Å². The average Bonchev–Trinajstić information content (AvgIpc) is 3.10. The number of nitrogens with one attached hydrogen (secondary N) is 1. The van der Waals surface area contributed by atoms with Gasteiger partial charge in [0.25, 0.3) is 0 Å². The molecule has 1 aliphatic carbocycles. The van der Waals surface area contributed by atoms with Gasteiger partial charge in [-0.1, -0.05) is 18.6 Å². The van der Waals surface area contributed by atoms with Gasteiger partial charge in [-0.05, 0) is 46.0 Å². The largest absolute Gasteiger partial charge is 0.309 e. The number of piperazine rings is 1. The van der Waals surface area contributed by atoms with Gasteiger partial charge in [0.15, 0.2) is 0 Å². The molecule has 2 aliphatic rings. The molecule has 0 aromatic heterocycles. The van der Waals surface area contributed by atoms with Gasteiger partial charge in [0.1, 0.15) is 0 Å². The van der Waals surface area contributed by atoms with Crippen LogP contribution in [0.15, 0.2) is 11.6 Å². The Kier molecular flexibility index (Phi) is 3.94. The number of hydrogen-bond donors (Lipinski definition) is 1. The Bertz CT molecular complexity index is 289. The van der Waals surface area contributed by atoms with Crippen molar-refractivity contribution in [1.82, 2.24) is 10.2 Å². The van der Waals surface area contributed by atoms with Gasteiger partial charge in [0, 0.05) is 31.2 Å². The van der Waals surface area contributed by atoms with Gasteiger partial charge >= 0.3 is 0 Å². The number of allylic oxidation sites excluding steroid dienone is 1. The van der Waals surface area contributed by atoms with Crippen LogP contribution >= 0.6 is 0 Å². The summed E-state index contributed by atoms with van der Waals surface area (Å²) in [4.78, 5) is 2.71. The minimum atomic E-state index is 0.320. The molecule has 0 radical (unpaired) electrons. The first-order valence-corrected chi connectivity index (χ1v) is 7.16. The van der Waals surface area contributed by atoms with Crippen molar-refractivity contribution in [3.63, 3.8) is 0 Å². The van der Waals surface area contributed by atoms with Crippen molar-refractivity contribution in [2.45, 2.75) is 58.5 Å². The van der Waals surface area contributed by atoms with Crippen molar-refractivity contribution >= 4 is 0 Å². The molecule has 0 aromatic rings. The number of rotatable bonds is 4. The minimum Gasteiger partial charge on any atom is -0.309 e. The lowest BCUT2D eigenvalue weighted by atomic mass is 9.92. The molecule has 1 N–H and O–H groups in total. The summed E-state index contributed by atoms with van der Waals surface area (Å²) in [6.07, 6.45) is 6.49. The fraction of sp³-hybridized carbons (Fsp3) is 0.867. The van der Waals surface area contributed by atoms with Gasteiger partial charge in [-0.2, -0.15) is 0 Å². The van der Waals surface area contributed by atoms with E-state index < -0.39 is 0 Å². The maximum absolute atomic E-state index is 3.77. The molecule has 2 unspecified atom stereocenters. The quantitative estimate of drug-likeness (QED) is 0.755. The van der Waals surface area contributed by atoms with Crippen molar-refractivity contribution in [3.05, 3.63) is 11.6 Å². The third kappa shape index (κ3) is 3.32. The van der Waals surface area contributed by atoms with E-state index in [1.165, 1.54) is 37.9 Å². The van der Waals surface area contributed by atoms with Crippen LogP contribution in [0.4, 0.5) is 0 Å². The summed E-state index contributed by atoms with van der Waals surface area (Å²) in [5, 5.41) is 3.77. The van der Waals surface area contributed by atoms with Crippen LogP contribution in [-0.4, -0.2) is 36.1 Å². The lowest BCUT2D eigenvalue weighted by Gasteiger charge is -2.46. The van der Waals surface area contributed by atoms with E-state index in [-0.39, 0.29) is 0 Å². The molecule has 0 spiro atoms. The Labute approximate surface area is 106 Å². The van der Waals surface area contributed by atoms with Gasteiger partial charge in [0.05, 0.1) is 0 Å². The molecule has 1 aliphatic heterocycles. The van der Waals surface area contributed by atoms with Crippen LogP contribution in [0, 0.1) is 5.92 Å². The monoisotopic (exact) mass is 236 g/mol. The molecular formula is C15H28N2. The van der Waals surface area contributed by atoms with E-state index in [0.717, 1.165) is 18.5 Å². The Morgan fingerprint density at radius 1 is 1.41 bits per heavy atom. The van der Waals surface area contributed by atoms with E-state index in [1.807, 2.05) is 0 Å². The molecule has 98 valence electrons. The number of hydrogen-bond acceptors (Lipinski definition) is 2. The summed E-state index contributed by atoms with van der Waals surface area (Å²) in [6.45, 7) is 12.6. The second-order valence-corrected chi connectivity index (χ2v) is 6.41. The van der Waals surface area contributed by atoms with Crippen molar-refractivity contribution in [3.8, 4) is 0 Å². The van der Waals surface area contributed by atoms with Crippen molar-refractivity contribution in [1.29, 1.82) is 0 Å². The number of nitrogens with zero attached hydrogens (tertiary/aromatic N) is 1. The smallest absolute Gasteiger partial charge is 0.0278 e. The van der Waals surface area contributed by atoms with Crippen LogP contribution in [-0.2, 0) is 0 Å². The van der Waals surface area contributed by atoms with Crippen LogP contribution in [0.5, 0.6) is 0 Å². The molecule has 2 fully saturated rings. The molecule has 1 saturated heterocycles. The van der Waals surface area contributed by atoms with Crippen molar-refractivity contribution < 1.29 is 0 Å². The predicted octanol–water partition coefficient (Wildman–Crippen LogP) is 2.81. The molecule has 1 heterocycles. The lowest BCUT2D eigenvalue weighted by Crippen LogP contribution is -2.63. The predicted molar refractivity (Wildman–Crippen MR) is 74.2 cm³/mol. The SMILES string of the molecule is CCC1(C)CN(CC=C(C)C)C(C2CC2)CN1. The van der Waals surface area contributed by atoms with E-state index in [9.17, 15) is 0 Å². The highest BCUT2D eigenvalue weighted by molar-refractivity contribution is 5.03. The molecule has 2 atom stereocenters. The molecule has 2 rings (SSSR count). The highest BCUT2D eigenvalue weighted by Crippen LogP contribution is 2.37. The molecular weight excluding hydrogens is 208 g/mol. The molecule has 0 amide bonds. The Balaban J connectivity index is 2.01. The van der Waals surface area contributed by atoms with E-state index >= 15 is 0 Å². The van der Waals surface area contributed by atoms with Crippen LogP contribution < -0.4 is 5.32 Å². The Morgan fingerprint density at radius 2 is 2.12 bits per heavy atom. The van der Waals surface area contributed by atoms with E-state index in [4.69, 9.17) is 0 Å². The minimum absolute atomic E-state index is 0.320. The van der Waals surface area contributed by atoms with Gasteiger partial charge in [0.2, 0.25) is 0 Å². The van der Waals surface area contributed by atoms with E-state index in [2.05, 4.69) is 44.0 Å². The molecule has 1 saturated carbocycles. The van der Waals surface area contributed by atoms with Crippen LogP contribution in [0.25, 0.3) is 0 Å². The van der Waals surface area contributed by atoms with Crippen LogP contribution in [0.3, 0.4) is 0 Å². The maximum atomic E-state index is 3.77. The standard InChI is InChI=1S/C15H28N2/c1-5-15(4)11-17(9-8-12(2)3)14(10-16-15)13-6-7-13/h8,13-14,16H,5-7,9-11H2,1-4H3. The summed E-state index contributed by atoms with van der Waals surface area (Å²) in [7, 11) is 0.